The molecule has 0 fully saturated rings. The lowest BCUT2D eigenvalue weighted by molar-refractivity contribution is -0.146. The molecule has 0 heterocycles. The van der Waals surface area contributed by atoms with Gasteiger partial charge in [-0.25, -0.2) is 9.59 Å². The van der Waals surface area contributed by atoms with Gasteiger partial charge in [0.2, 0.25) is 11.8 Å². The number of methoxy groups -OCH3 is 1. The van der Waals surface area contributed by atoms with Gasteiger partial charge < -0.3 is 30.5 Å². The summed E-state index contributed by atoms with van der Waals surface area (Å²) in [6.07, 6.45) is -0.700. The Kier molecular flexibility index (Phi) is 11.4. The number of carbonyl (C=O) groups excluding carboxylic acids is 4. The van der Waals surface area contributed by atoms with Crippen LogP contribution in [0.4, 0.5) is 4.79 Å². The van der Waals surface area contributed by atoms with Crippen LogP contribution in [-0.2, 0) is 36.9 Å². The molecule has 10 nitrogen and oxygen atoms in total. The molecule has 3 amide bonds. The number of benzene rings is 2. The Hall–Kier alpha value is -3.92. The summed E-state index contributed by atoms with van der Waals surface area (Å²) in [5.74, 6) is -2.40. The Bertz CT molecular complexity index is 999. The summed E-state index contributed by atoms with van der Waals surface area (Å²) in [4.78, 5) is 50.2. The Morgan fingerprint density at radius 2 is 1.36 bits per heavy atom. The number of hydrogen-bond donors (Lipinski definition) is 4. The van der Waals surface area contributed by atoms with Gasteiger partial charge in [0.1, 0.15) is 24.7 Å². The molecule has 2 aromatic carbocycles. The van der Waals surface area contributed by atoms with Gasteiger partial charge in [0, 0.05) is 6.42 Å². The van der Waals surface area contributed by atoms with Crippen LogP contribution in [0.15, 0.2) is 60.7 Å². The first kappa shape index (κ1) is 28.3. The quantitative estimate of drug-likeness (QED) is 0.323. The highest BCUT2D eigenvalue weighted by molar-refractivity contribution is 5.93. The molecule has 10 heteroatoms. The van der Waals surface area contributed by atoms with Gasteiger partial charge in [0.05, 0.1) is 13.7 Å². The number of alkyl carbamates (subject to hydrolysis) is 1. The average Bonchev–Trinajstić information content (AvgIpc) is 2.89. The van der Waals surface area contributed by atoms with Crippen LogP contribution in [0.25, 0.3) is 0 Å². The summed E-state index contributed by atoms with van der Waals surface area (Å²) < 4.78 is 9.94. The van der Waals surface area contributed by atoms with E-state index in [2.05, 4.69) is 16.0 Å². The van der Waals surface area contributed by atoms with Crippen molar-refractivity contribution >= 4 is 23.9 Å². The van der Waals surface area contributed by atoms with Crippen molar-refractivity contribution in [1.82, 2.24) is 16.0 Å². The largest absolute Gasteiger partial charge is 0.467 e. The Balaban J connectivity index is 2.09. The molecule has 0 radical (unpaired) electrons. The number of esters is 1. The highest BCUT2D eigenvalue weighted by atomic mass is 16.5. The van der Waals surface area contributed by atoms with Gasteiger partial charge >= 0.3 is 12.1 Å². The van der Waals surface area contributed by atoms with E-state index < -0.39 is 48.6 Å². The molecule has 194 valence electrons. The normalized spacial score (nSPS) is 13.1. The van der Waals surface area contributed by atoms with Gasteiger partial charge in [-0.05, 0) is 17.0 Å². The Morgan fingerprint density at radius 3 is 1.89 bits per heavy atom. The fourth-order valence-electron chi connectivity index (χ4n) is 3.31. The van der Waals surface area contributed by atoms with Crippen molar-refractivity contribution in [2.24, 2.45) is 5.92 Å². The SMILES string of the molecule is COC(=O)[C@@H](NC(=O)[C@H](CO)NC(=O)[C@H](Cc1ccccc1)NC(=O)OCc1ccccc1)C(C)C. The summed E-state index contributed by atoms with van der Waals surface area (Å²) in [5.41, 5.74) is 1.54. The minimum absolute atomic E-state index is 0.0120. The molecule has 0 aliphatic rings. The molecule has 36 heavy (non-hydrogen) atoms. The fraction of sp³-hybridized carbons (Fsp3) is 0.385. The number of nitrogens with one attached hydrogen (secondary N) is 3. The third-order valence-corrected chi connectivity index (χ3v) is 5.34. The molecule has 2 rings (SSSR count). The summed E-state index contributed by atoms with van der Waals surface area (Å²) in [7, 11) is 1.20. The third kappa shape index (κ3) is 9.03. The second-order valence-corrected chi connectivity index (χ2v) is 8.45. The van der Waals surface area contributed by atoms with Gasteiger partial charge in [0.15, 0.2) is 0 Å². The molecule has 3 atom stereocenters. The van der Waals surface area contributed by atoms with Crippen molar-refractivity contribution in [3.8, 4) is 0 Å². The predicted molar refractivity (Wildman–Crippen MR) is 131 cm³/mol. The monoisotopic (exact) mass is 499 g/mol. The van der Waals surface area contributed by atoms with Crippen molar-refractivity contribution in [3.05, 3.63) is 71.8 Å². The van der Waals surface area contributed by atoms with E-state index in [0.717, 1.165) is 11.1 Å². The van der Waals surface area contributed by atoms with E-state index in [0.29, 0.717) is 0 Å². The number of aliphatic hydroxyl groups is 1. The van der Waals surface area contributed by atoms with Crippen molar-refractivity contribution in [1.29, 1.82) is 0 Å². The van der Waals surface area contributed by atoms with Crippen LogP contribution >= 0.6 is 0 Å². The Morgan fingerprint density at radius 1 is 0.806 bits per heavy atom. The highest BCUT2D eigenvalue weighted by Gasteiger charge is 2.31. The minimum atomic E-state index is -1.36. The number of rotatable bonds is 12. The number of aliphatic hydroxyl groups excluding tert-OH is 1. The zero-order chi connectivity index (χ0) is 26.5. The van der Waals surface area contributed by atoms with E-state index in [1.54, 1.807) is 50.2 Å². The number of hydrogen-bond acceptors (Lipinski definition) is 7. The minimum Gasteiger partial charge on any atom is -0.467 e. The van der Waals surface area contributed by atoms with Gasteiger partial charge in [-0.15, -0.1) is 0 Å². The van der Waals surface area contributed by atoms with E-state index in [1.807, 2.05) is 24.3 Å². The lowest BCUT2D eigenvalue weighted by Gasteiger charge is -2.25. The van der Waals surface area contributed by atoms with Crippen LogP contribution in [0.3, 0.4) is 0 Å². The van der Waals surface area contributed by atoms with Crippen LogP contribution < -0.4 is 16.0 Å². The second kappa shape index (κ2) is 14.5. The Labute approximate surface area is 210 Å². The van der Waals surface area contributed by atoms with E-state index in [-0.39, 0.29) is 18.9 Å². The summed E-state index contributed by atoms with van der Waals surface area (Å²) in [5, 5.41) is 17.2. The molecule has 0 saturated heterocycles. The van der Waals surface area contributed by atoms with Gasteiger partial charge in [-0.1, -0.05) is 74.5 Å². The van der Waals surface area contributed by atoms with Crippen LogP contribution in [0.1, 0.15) is 25.0 Å². The smallest absolute Gasteiger partial charge is 0.408 e. The maximum atomic E-state index is 13.1. The topological polar surface area (TPSA) is 143 Å². The standard InChI is InChI=1S/C26H33N3O7/c1-17(2)22(25(33)35-3)29-24(32)21(15-30)27-23(31)20(14-18-10-6-4-7-11-18)28-26(34)36-16-19-12-8-5-9-13-19/h4-13,17,20-22,30H,14-16H2,1-3H3,(H,27,31)(H,28,34)(H,29,32)/t20-,21-,22-/m0/s1. The van der Waals surface area contributed by atoms with E-state index >= 15 is 0 Å². The highest BCUT2D eigenvalue weighted by Crippen LogP contribution is 2.07. The van der Waals surface area contributed by atoms with Crippen LogP contribution in [0.5, 0.6) is 0 Å². The predicted octanol–water partition coefficient (Wildman–Crippen LogP) is 1.32. The molecule has 0 unspecified atom stereocenters. The first-order valence-corrected chi connectivity index (χ1v) is 11.6. The van der Waals surface area contributed by atoms with E-state index in [4.69, 9.17) is 9.47 Å². The molecular weight excluding hydrogens is 466 g/mol. The molecule has 0 aliphatic carbocycles. The van der Waals surface area contributed by atoms with E-state index in [9.17, 15) is 24.3 Å². The maximum absolute atomic E-state index is 13.1. The maximum Gasteiger partial charge on any atom is 0.408 e. The second-order valence-electron chi connectivity index (χ2n) is 8.45. The molecule has 2 aromatic rings. The van der Waals surface area contributed by atoms with Crippen LogP contribution in [0.2, 0.25) is 0 Å². The average molecular weight is 500 g/mol. The van der Waals surface area contributed by atoms with Crippen molar-refractivity contribution in [2.45, 2.75) is 45.0 Å². The molecular formula is C26H33N3O7. The molecule has 0 spiro atoms. The lowest BCUT2D eigenvalue weighted by Crippen LogP contribution is -2.58. The van der Waals surface area contributed by atoms with Crippen LogP contribution in [0, 0.1) is 5.92 Å². The fourth-order valence-corrected chi connectivity index (χ4v) is 3.31. The molecule has 0 aliphatic heterocycles. The first-order chi connectivity index (χ1) is 17.2. The number of amides is 3. The van der Waals surface area contributed by atoms with Gasteiger partial charge in [0.25, 0.3) is 0 Å². The zero-order valence-corrected chi connectivity index (χ0v) is 20.6. The summed E-state index contributed by atoms with van der Waals surface area (Å²) in [6, 6.07) is 14.6. The van der Waals surface area contributed by atoms with Crippen molar-refractivity contribution in [3.63, 3.8) is 0 Å². The van der Waals surface area contributed by atoms with Gasteiger partial charge in [-0.2, -0.15) is 0 Å². The van der Waals surface area contributed by atoms with Crippen LogP contribution in [-0.4, -0.2) is 60.8 Å². The molecule has 0 saturated carbocycles. The van der Waals surface area contributed by atoms with Gasteiger partial charge in [-0.3, -0.25) is 9.59 Å². The summed E-state index contributed by atoms with van der Waals surface area (Å²) in [6.45, 7) is 2.72. The molecule has 0 bridgehead atoms. The zero-order valence-electron chi connectivity index (χ0n) is 20.6. The third-order valence-electron chi connectivity index (χ3n) is 5.34. The van der Waals surface area contributed by atoms with E-state index in [1.165, 1.54) is 7.11 Å². The number of carbonyl (C=O) groups is 4. The first-order valence-electron chi connectivity index (χ1n) is 11.6. The van der Waals surface area contributed by atoms with Crippen molar-refractivity contribution < 1.29 is 33.8 Å². The molecule has 0 aromatic heterocycles. The van der Waals surface area contributed by atoms with Crippen molar-refractivity contribution in [2.75, 3.05) is 13.7 Å². The summed E-state index contributed by atoms with van der Waals surface area (Å²) >= 11 is 0. The number of ether oxygens (including phenoxy) is 2. The lowest BCUT2D eigenvalue weighted by atomic mass is 10.0. The molecule has 4 N–H and O–H groups in total.